The van der Waals surface area contributed by atoms with Gasteiger partial charge in [0.25, 0.3) is 0 Å². The number of aliphatic hydroxyl groups is 1. The standard InChI is InChI=1S/C9H19NO2/c1-9(2,3)10-6-8(7-10)12-5-4-11/h8,11H,4-7H2,1-3H3. The van der Waals surface area contributed by atoms with E-state index in [1.54, 1.807) is 0 Å². The number of hydrogen-bond acceptors (Lipinski definition) is 3. The molecule has 1 aliphatic rings. The topological polar surface area (TPSA) is 32.7 Å². The third-order valence-corrected chi connectivity index (χ3v) is 2.24. The molecule has 1 rings (SSSR count). The smallest absolute Gasteiger partial charge is 0.0830 e. The molecule has 72 valence electrons. The van der Waals surface area contributed by atoms with Crippen molar-refractivity contribution in [2.75, 3.05) is 26.3 Å². The van der Waals surface area contributed by atoms with Crippen LogP contribution in [0.5, 0.6) is 0 Å². The lowest BCUT2D eigenvalue weighted by Crippen LogP contribution is -2.59. The van der Waals surface area contributed by atoms with Gasteiger partial charge in [0.2, 0.25) is 0 Å². The normalized spacial score (nSPS) is 21.0. The fourth-order valence-electron chi connectivity index (χ4n) is 1.31. The quantitative estimate of drug-likeness (QED) is 0.673. The van der Waals surface area contributed by atoms with Crippen LogP contribution in [0.2, 0.25) is 0 Å². The van der Waals surface area contributed by atoms with Crippen LogP contribution in [0, 0.1) is 0 Å². The Kier molecular flexibility index (Phi) is 3.09. The molecule has 0 spiro atoms. The molecular formula is C9H19NO2. The minimum Gasteiger partial charge on any atom is -0.394 e. The van der Waals surface area contributed by atoms with Crippen molar-refractivity contribution in [2.24, 2.45) is 0 Å². The molecular weight excluding hydrogens is 154 g/mol. The van der Waals surface area contributed by atoms with Crippen LogP contribution in [0.1, 0.15) is 20.8 Å². The lowest BCUT2D eigenvalue weighted by Gasteiger charge is -2.47. The molecule has 0 aromatic rings. The molecule has 3 heteroatoms. The van der Waals surface area contributed by atoms with Gasteiger partial charge in [0, 0.05) is 18.6 Å². The highest BCUT2D eigenvalue weighted by Gasteiger charge is 2.34. The van der Waals surface area contributed by atoms with Crippen molar-refractivity contribution >= 4 is 0 Å². The summed E-state index contributed by atoms with van der Waals surface area (Å²) in [5.74, 6) is 0. The van der Waals surface area contributed by atoms with Crippen molar-refractivity contribution in [3.05, 3.63) is 0 Å². The summed E-state index contributed by atoms with van der Waals surface area (Å²) in [6, 6.07) is 0. The van der Waals surface area contributed by atoms with E-state index in [2.05, 4.69) is 25.7 Å². The van der Waals surface area contributed by atoms with Gasteiger partial charge in [-0.15, -0.1) is 0 Å². The van der Waals surface area contributed by atoms with E-state index in [9.17, 15) is 0 Å². The average molecular weight is 173 g/mol. The zero-order chi connectivity index (χ0) is 9.19. The first-order chi connectivity index (χ1) is 5.54. The van der Waals surface area contributed by atoms with Gasteiger partial charge in [0.1, 0.15) is 0 Å². The molecule has 3 nitrogen and oxygen atoms in total. The van der Waals surface area contributed by atoms with Crippen LogP contribution in [-0.2, 0) is 4.74 Å². The Labute approximate surface area is 74.3 Å². The van der Waals surface area contributed by atoms with Crippen molar-refractivity contribution < 1.29 is 9.84 Å². The van der Waals surface area contributed by atoms with Crippen LogP contribution < -0.4 is 0 Å². The monoisotopic (exact) mass is 173 g/mol. The molecule has 1 aliphatic heterocycles. The molecule has 0 aromatic carbocycles. The Balaban J connectivity index is 2.12. The van der Waals surface area contributed by atoms with Gasteiger partial charge in [-0.1, -0.05) is 0 Å². The van der Waals surface area contributed by atoms with Crippen molar-refractivity contribution in [1.82, 2.24) is 4.90 Å². The minimum atomic E-state index is 0.131. The van der Waals surface area contributed by atoms with Crippen LogP contribution in [0.3, 0.4) is 0 Å². The van der Waals surface area contributed by atoms with Crippen LogP contribution in [0.25, 0.3) is 0 Å². The predicted octanol–water partition coefficient (Wildman–Crippen LogP) is 0.478. The van der Waals surface area contributed by atoms with Gasteiger partial charge >= 0.3 is 0 Å². The SMILES string of the molecule is CC(C)(C)N1CC(OCCO)C1. The van der Waals surface area contributed by atoms with E-state index in [4.69, 9.17) is 9.84 Å². The fraction of sp³-hybridized carbons (Fsp3) is 1.00. The maximum atomic E-state index is 8.52. The molecule has 0 amide bonds. The van der Waals surface area contributed by atoms with E-state index in [1.165, 1.54) is 0 Å². The summed E-state index contributed by atoms with van der Waals surface area (Å²) < 4.78 is 5.36. The van der Waals surface area contributed by atoms with E-state index in [0.717, 1.165) is 13.1 Å². The fourth-order valence-corrected chi connectivity index (χ4v) is 1.31. The number of hydrogen-bond donors (Lipinski definition) is 1. The zero-order valence-electron chi connectivity index (χ0n) is 8.21. The second-order valence-corrected chi connectivity index (χ2v) is 4.29. The highest BCUT2D eigenvalue weighted by molar-refractivity contribution is 4.89. The zero-order valence-corrected chi connectivity index (χ0v) is 8.21. The Morgan fingerprint density at radius 3 is 2.42 bits per heavy atom. The molecule has 12 heavy (non-hydrogen) atoms. The molecule has 0 aromatic heterocycles. The Bertz CT molecular complexity index is 136. The maximum Gasteiger partial charge on any atom is 0.0830 e. The third-order valence-electron chi connectivity index (χ3n) is 2.24. The van der Waals surface area contributed by atoms with E-state index in [-0.39, 0.29) is 12.1 Å². The van der Waals surface area contributed by atoms with Crippen LogP contribution in [0.15, 0.2) is 0 Å². The molecule has 1 N–H and O–H groups in total. The molecule has 1 fully saturated rings. The van der Waals surface area contributed by atoms with Crippen molar-refractivity contribution in [1.29, 1.82) is 0 Å². The van der Waals surface area contributed by atoms with E-state index >= 15 is 0 Å². The van der Waals surface area contributed by atoms with E-state index in [0.29, 0.717) is 12.7 Å². The number of likely N-dealkylation sites (tertiary alicyclic amines) is 1. The van der Waals surface area contributed by atoms with E-state index < -0.39 is 0 Å². The van der Waals surface area contributed by atoms with Gasteiger partial charge in [-0.25, -0.2) is 0 Å². The molecule has 0 bridgehead atoms. The molecule has 1 heterocycles. The van der Waals surface area contributed by atoms with Gasteiger partial charge in [0.15, 0.2) is 0 Å². The summed E-state index contributed by atoms with van der Waals surface area (Å²) in [7, 11) is 0. The highest BCUT2D eigenvalue weighted by Crippen LogP contribution is 2.22. The van der Waals surface area contributed by atoms with Crippen molar-refractivity contribution in [3.8, 4) is 0 Å². The summed E-state index contributed by atoms with van der Waals surface area (Å²) in [4.78, 5) is 2.37. The summed E-state index contributed by atoms with van der Waals surface area (Å²) in [5.41, 5.74) is 0.263. The summed E-state index contributed by atoms with van der Waals surface area (Å²) in [5, 5.41) is 8.52. The number of nitrogens with zero attached hydrogens (tertiary/aromatic N) is 1. The van der Waals surface area contributed by atoms with Gasteiger partial charge in [0.05, 0.1) is 19.3 Å². The summed E-state index contributed by atoms with van der Waals surface area (Å²) >= 11 is 0. The molecule has 0 radical (unpaired) electrons. The summed E-state index contributed by atoms with van der Waals surface area (Å²) in [6.45, 7) is 9.22. The summed E-state index contributed by atoms with van der Waals surface area (Å²) in [6.07, 6.45) is 0.344. The van der Waals surface area contributed by atoms with Gasteiger partial charge in [-0.3, -0.25) is 4.90 Å². The molecule has 0 aliphatic carbocycles. The highest BCUT2D eigenvalue weighted by atomic mass is 16.5. The lowest BCUT2D eigenvalue weighted by molar-refractivity contribution is -0.0944. The molecule has 0 saturated carbocycles. The Hall–Kier alpha value is -0.120. The van der Waals surface area contributed by atoms with E-state index in [1.807, 2.05) is 0 Å². The van der Waals surface area contributed by atoms with Gasteiger partial charge < -0.3 is 9.84 Å². The third kappa shape index (κ3) is 2.44. The molecule has 1 saturated heterocycles. The van der Waals surface area contributed by atoms with Crippen LogP contribution in [-0.4, -0.2) is 48.0 Å². The van der Waals surface area contributed by atoms with Crippen molar-refractivity contribution in [3.63, 3.8) is 0 Å². The first-order valence-electron chi connectivity index (χ1n) is 4.51. The van der Waals surface area contributed by atoms with Crippen LogP contribution >= 0.6 is 0 Å². The van der Waals surface area contributed by atoms with Gasteiger partial charge in [-0.05, 0) is 20.8 Å². The average Bonchev–Trinajstić information content (AvgIpc) is 1.81. The largest absolute Gasteiger partial charge is 0.394 e. The second kappa shape index (κ2) is 3.73. The number of rotatable bonds is 3. The van der Waals surface area contributed by atoms with Crippen LogP contribution in [0.4, 0.5) is 0 Å². The lowest BCUT2D eigenvalue weighted by atomic mass is 9.99. The first-order valence-corrected chi connectivity index (χ1v) is 4.51. The Morgan fingerprint density at radius 1 is 1.42 bits per heavy atom. The van der Waals surface area contributed by atoms with Crippen molar-refractivity contribution in [2.45, 2.75) is 32.4 Å². The van der Waals surface area contributed by atoms with Gasteiger partial charge in [-0.2, -0.15) is 0 Å². The predicted molar refractivity (Wildman–Crippen MR) is 48.2 cm³/mol. The first kappa shape index (κ1) is 9.96. The molecule has 0 unspecified atom stereocenters. The number of ether oxygens (including phenoxy) is 1. The minimum absolute atomic E-state index is 0.131. The maximum absolute atomic E-state index is 8.52. The molecule has 0 atom stereocenters. The second-order valence-electron chi connectivity index (χ2n) is 4.29. The Morgan fingerprint density at radius 2 is 2.00 bits per heavy atom. The number of aliphatic hydroxyl groups excluding tert-OH is 1.